The van der Waals surface area contributed by atoms with Crippen LogP contribution in [0.2, 0.25) is 0 Å². The first kappa shape index (κ1) is 13.7. The number of rotatable bonds is 4. The van der Waals surface area contributed by atoms with Crippen LogP contribution >= 0.6 is 27.3 Å². The first-order valence-electron chi connectivity index (χ1n) is 5.11. The summed E-state index contributed by atoms with van der Waals surface area (Å²) in [6.07, 6.45) is 0.695. The molecule has 0 bridgehead atoms. The number of aliphatic hydroxyl groups excluding tert-OH is 1. The van der Waals surface area contributed by atoms with Crippen LogP contribution in [0.4, 0.5) is 0 Å². The van der Waals surface area contributed by atoms with Gasteiger partial charge < -0.3 is 10.4 Å². The number of hydrogen-bond donors (Lipinski definition) is 2. The molecule has 0 saturated heterocycles. The number of carbonyl (C=O) groups is 1. The molecule has 1 aromatic heterocycles. The van der Waals surface area contributed by atoms with E-state index in [1.165, 1.54) is 11.3 Å². The Labute approximate surface area is 108 Å². The molecule has 1 heterocycles. The fraction of sp³-hybridized carbons (Fsp3) is 0.545. The first-order valence-corrected chi connectivity index (χ1v) is 6.72. The zero-order chi connectivity index (χ0) is 12.3. The maximum Gasteiger partial charge on any atom is 0.261 e. The van der Waals surface area contributed by atoms with Crippen LogP contribution in [-0.2, 0) is 0 Å². The van der Waals surface area contributed by atoms with Crippen molar-refractivity contribution in [3.05, 3.63) is 20.3 Å². The lowest BCUT2D eigenvalue weighted by molar-refractivity contribution is 0.0851. The van der Waals surface area contributed by atoms with Crippen LogP contribution in [0.5, 0.6) is 0 Å². The van der Waals surface area contributed by atoms with Crippen molar-refractivity contribution in [1.29, 1.82) is 0 Å². The zero-order valence-corrected chi connectivity index (χ0v) is 12.0. The van der Waals surface area contributed by atoms with Crippen LogP contribution in [-0.4, -0.2) is 23.2 Å². The third-order valence-electron chi connectivity index (χ3n) is 2.63. The molecule has 0 fully saturated rings. The van der Waals surface area contributed by atoms with Gasteiger partial charge in [0.05, 0.1) is 20.8 Å². The quantitative estimate of drug-likeness (QED) is 0.898. The molecular formula is C11H16BrNO2S. The summed E-state index contributed by atoms with van der Waals surface area (Å²) < 4.78 is 0.972. The Morgan fingerprint density at radius 1 is 1.69 bits per heavy atom. The summed E-state index contributed by atoms with van der Waals surface area (Å²) >= 11 is 4.79. The van der Waals surface area contributed by atoms with Gasteiger partial charge in [0.25, 0.3) is 5.91 Å². The van der Waals surface area contributed by atoms with E-state index in [9.17, 15) is 9.90 Å². The maximum absolute atomic E-state index is 11.9. The van der Waals surface area contributed by atoms with Crippen molar-refractivity contribution in [3.8, 4) is 0 Å². The molecule has 0 aliphatic rings. The summed E-state index contributed by atoms with van der Waals surface area (Å²) in [6.45, 7) is 5.66. The molecule has 1 unspecified atom stereocenters. The number of nitrogens with one attached hydrogen (secondary N) is 1. The van der Waals surface area contributed by atoms with Gasteiger partial charge in [-0.2, -0.15) is 0 Å². The molecule has 3 nitrogen and oxygen atoms in total. The molecule has 0 spiro atoms. The molecule has 1 rings (SSSR count). The van der Waals surface area contributed by atoms with E-state index >= 15 is 0 Å². The van der Waals surface area contributed by atoms with Crippen molar-refractivity contribution < 1.29 is 9.90 Å². The highest BCUT2D eigenvalue weighted by Crippen LogP contribution is 2.27. The number of carbonyl (C=O) groups excluding carboxylic acids is 1. The normalized spacial score (nSPS) is 14.6. The van der Waals surface area contributed by atoms with E-state index in [-0.39, 0.29) is 12.5 Å². The highest BCUT2D eigenvalue weighted by molar-refractivity contribution is 9.11. The SMILES string of the molecule is CCC(C)(CO)NC(=O)c1cc(C)c(Br)s1. The molecular weight excluding hydrogens is 290 g/mol. The largest absolute Gasteiger partial charge is 0.394 e. The van der Waals surface area contributed by atoms with Gasteiger partial charge in [-0.3, -0.25) is 4.79 Å². The molecule has 90 valence electrons. The van der Waals surface area contributed by atoms with Gasteiger partial charge in [-0.05, 0) is 47.8 Å². The van der Waals surface area contributed by atoms with E-state index in [0.717, 1.165) is 9.35 Å². The molecule has 1 amide bonds. The molecule has 1 atom stereocenters. The fourth-order valence-electron chi connectivity index (χ4n) is 1.15. The van der Waals surface area contributed by atoms with E-state index in [0.29, 0.717) is 11.3 Å². The van der Waals surface area contributed by atoms with Crippen LogP contribution in [0.15, 0.2) is 9.85 Å². The molecule has 0 aliphatic carbocycles. The number of thiophene rings is 1. The number of halogens is 1. The number of hydrogen-bond acceptors (Lipinski definition) is 3. The summed E-state index contributed by atoms with van der Waals surface area (Å²) in [6, 6.07) is 1.84. The molecule has 0 aromatic carbocycles. The Hall–Kier alpha value is -0.390. The minimum atomic E-state index is -0.540. The van der Waals surface area contributed by atoms with Gasteiger partial charge in [-0.1, -0.05) is 6.92 Å². The zero-order valence-electron chi connectivity index (χ0n) is 9.63. The van der Waals surface area contributed by atoms with E-state index in [4.69, 9.17) is 0 Å². The van der Waals surface area contributed by atoms with Gasteiger partial charge in [0.15, 0.2) is 0 Å². The van der Waals surface area contributed by atoms with Gasteiger partial charge in [0.1, 0.15) is 0 Å². The third-order valence-corrected chi connectivity index (χ3v) is 4.76. The van der Waals surface area contributed by atoms with Gasteiger partial charge >= 0.3 is 0 Å². The maximum atomic E-state index is 11.9. The monoisotopic (exact) mass is 305 g/mol. The smallest absolute Gasteiger partial charge is 0.261 e. The molecule has 0 aliphatic heterocycles. The third kappa shape index (κ3) is 3.06. The summed E-state index contributed by atoms with van der Waals surface area (Å²) in [5.41, 5.74) is 0.513. The highest BCUT2D eigenvalue weighted by Gasteiger charge is 2.24. The van der Waals surface area contributed by atoms with Crippen molar-refractivity contribution in [2.45, 2.75) is 32.7 Å². The Balaban J connectivity index is 2.80. The molecule has 2 N–H and O–H groups in total. The lowest BCUT2D eigenvalue weighted by Gasteiger charge is -2.26. The molecule has 5 heteroatoms. The summed E-state index contributed by atoms with van der Waals surface area (Å²) in [5, 5.41) is 12.1. The van der Waals surface area contributed by atoms with Gasteiger partial charge in [-0.15, -0.1) is 11.3 Å². The lowest BCUT2D eigenvalue weighted by atomic mass is 10.0. The van der Waals surface area contributed by atoms with Crippen molar-refractivity contribution in [3.63, 3.8) is 0 Å². The standard InChI is InChI=1S/C11H16BrNO2S/c1-4-11(3,6-14)13-10(15)8-5-7(2)9(12)16-8/h5,14H,4,6H2,1-3H3,(H,13,15). The van der Waals surface area contributed by atoms with Crippen molar-refractivity contribution >= 4 is 33.2 Å². The van der Waals surface area contributed by atoms with Gasteiger partial charge in [-0.25, -0.2) is 0 Å². The molecule has 0 saturated carbocycles. The second-order valence-corrected chi connectivity index (χ2v) is 6.46. The van der Waals surface area contributed by atoms with Crippen LogP contribution in [0.3, 0.4) is 0 Å². The van der Waals surface area contributed by atoms with E-state index in [2.05, 4.69) is 21.2 Å². The van der Waals surface area contributed by atoms with Gasteiger partial charge in [0, 0.05) is 0 Å². The van der Waals surface area contributed by atoms with Gasteiger partial charge in [0.2, 0.25) is 0 Å². The minimum absolute atomic E-state index is 0.0548. The molecule has 0 radical (unpaired) electrons. The average Bonchev–Trinajstić information content (AvgIpc) is 2.59. The second-order valence-electron chi connectivity index (χ2n) is 4.09. The van der Waals surface area contributed by atoms with Crippen LogP contribution in [0, 0.1) is 6.92 Å². The van der Waals surface area contributed by atoms with Crippen molar-refractivity contribution in [2.24, 2.45) is 0 Å². The summed E-state index contributed by atoms with van der Waals surface area (Å²) in [5.74, 6) is -0.128. The first-order chi connectivity index (χ1) is 7.41. The lowest BCUT2D eigenvalue weighted by Crippen LogP contribution is -2.48. The fourth-order valence-corrected chi connectivity index (χ4v) is 2.58. The molecule has 1 aromatic rings. The van der Waals surface area contributed by atoms with Crippen molar-refractivity contribution in [1.82, 2.24) is 5.32 Å². The predicted octanol–water partition coefficient (Wildman–Crippen LogP) is 2.71. The van der Waals surface area contributed by atoms with Crippen LogP contribution in [0.25, 0.3) is 0 Å². The Morgan fingerprint density at radius 2 is 2.31 bits per heavy atom. The van der Waals surface area contributed by atoms with E-state index < -0.39 is 5.54 Å². The summed E-state index contributed by atoms with van der Waals surface area (Å²) in [4.78, 5) is 12.6. The van der Waals surface area contributed by atoms with E-state index in [1.807, 2.05) is 26.8 Å². The summed E-state index contributed by atoms with van der Waals surface area (Å²) in [7, 11) is 0. The second kappa shape index (κ2) is 5.29. The number of amides is 1. The highest BCUT2D eigenvalue weighted by atomic mass is 79.9. The minimum Gasteiger partial charge on any atom is -0.394 e. The molecule has 16 heavy (non-hydrogen) atoms. The number of aliphatic hydroxyl groups is 1. The van der Waals surface area contributed by atoms with Crippen molar-refractivity contribution in [2.75, 3.05) is 6.61 Å². The number of aryl methyl sites for hydroxylation is 1. The van der Waals surface area contributed by atoms with E-state index in [1.54, 1.807) is 0 Å². The Morgan fingerprint density at radius 3 is 2.69 bits per heavy atom. The van der Waals surface area contributed by atoms with Crippen LogP contribution in [0.1, 0.15) is 35.5 Å². The predicted molar refractivity (Wildman–Crippen MR) is 70.0 cm³/mol. The average molecular weight is 306 g/mol. The topological polar surface area (TPSA) is 49.3 Å². The Kier molecular flexibility index (Phi) is 4.52. The van der Waals surface area contributed by atoms with Crippen LogP contribution < -0.4 is 5.32 Å². The Bertz CT molecular complexity index is 366.